The zero-order valence-electron chi connectivity index (χ0n) is 12.2. The van der Waals surface area contributed by atoms with Gasteiger partial charge in [0.1, 0.15) is 6.61 Å². The molecule has 118 valence electrons. The van der Waals surface area contributed by atoms with Gasteiger partial charge in [-0.2, -0.15) is 0 Å². The van der Waals surface area contributed by atoms with Crippen LogP contribution in [0.3, 0.4) is 0 Å². The first-order valence-electron chi connectivity index (χ1n) is 7.54. The number of hydrogen-bond donors (Lipinski definition) is 1. The van der Waals surface area contributed by atoms with Crippen molar-refractivity contribution in [1.29, 1.82) is 0 Å². The summed E-state index contributed by atoms with van der Waals surface area (Å²) in [7, 11) is 0. The molecule has 0 aromatic heterocycles. The molecule has 1 aliphatic carbocycles. The first kappa shape index (κ1) is 15.3. The van der Waals surface area contributed by atoms with Crippen LogP contribution in [0.4, 0.5) is 4.79 Å². The average Bonchev–Trinajstić information content (AvgIpc) is 3.15. The molecule has 1 aromatic rings. The summed E-state index contributed by atoms with van der Waals surface area (Å²) in [4.78, 5) is 25.0. The van der Waals surface area contributed by atoms with Gasteiger partial charge in [-0.1, -0.05) is 28.1 Å². The maximum atomic E-state index is 12.1. The zero-order chi connectivity index (χ0) is 15.7. The van der Waals surface area contributed by atoms with E-state index >= 15 is 0 Å². The summed E-state index contributed by atoms with van der Waals surface area (Å²) in [6.07, 6.45) is 2.59. The van der Waals surface area contributed by atoms with Crippen molar-refractivity contribution in [1.82, 2.24) is 4.90 Å². The smallest absolute Gasteiger partial charge is 0.315 e. The van der Waals surface area contributed by atoms with Gasteiger partial charge < -0.3 is 15.4 Å². The highest BCUT2D eigenvalue weighted by molar-refractivity contribution is 9.10. The number of ether oxygens (including phenoxy) is 1. The third-order valence-electron chi connectivity index (χ3n) is 4.45. The number of carbonyl (C=O) groups excluding carboxylic acids is 2. The van der Waals surface area contributed by atoms with E-state index in [1.54, 1.807) is 4.90 Å². The van der Waals surface area contributed by atoms with Gasteiger partial charge in [0.2, 0.25) is 0 Å². The molecule has 1 saturated carbocycles. The Hall–Kier alpha value is -1.56. The Morgan fingerprint density at radius 3 is 2.95 bits per heavy atom. The maximum Gasteiger partial charge on any atom is 0.315 e. The Morgan fingerprint density at radius 1 is 1.41 bits per heavy atom. The number of halogens is 1. The number of hydrogen-bond acceptors (Lipinski definition) is 3. The Kier molecular flexibility index (Phi) is 4.38. The molecule has 3 atom stereocenters. The minimum Gasteiger partial charge on any atom is -0.463 e. The molecule has 22 heavy (non-hydrogen) atoms. The average molecular weight is 367 g/mol. The van der Waals surface area contributed by atoms with Crippen molar-refractivity contribution in [3.05, 3.63) is 34.3 Å². The largest absolute Gasteiger partial charge is 0.463 e. The SMILES string of the molecule is NC(=O)N1CCCC1COC(=O)C1CC1c1cccc(Br)c1. The summed E-state index contributed by atoms with van der Waals surface area (Å²) < 4.78 is 6.43. The molecule has 1 aliphatic heterocycles. The molecule has 2 fully saturated rings. The molecule has 3 rings (SSSR count). The second kappa shape index (κ2) is 6.28. The predicted octanol–water partition coefficient (Wildman–Crippen LogP) is 2.64. The number of esters is 1. The van der Waals surface area contributed by atoms with Crippen molar-refractivity contribution in [3.8, 4) is 0 Å². The lowest BCUT2D eigenvalue weighted by Gasteiger charge is -2.22. The van der Waals surface area contributed by atoms with Crippen LogP contribution in [0.5, 0.6) is 0 Å². The molecular weight excluding hydrogens is 348 g/mol. The quantitative estimate of drug-likeness (QED) is 0.832. The van der Waals surface area contributed by atoms with E-state index in [1.807, 2.05) is 24.3 Å². The third-order valence-corrected chi connectivity index (χ3v) is 4.94. The second-order valence-corrected chi connectivity index (χ2v) is 6.88. The Balaban J connectivity index is 1.51. The number of likely N-dealkylation sites (tertiary alicyclic amines) is 1. The van der Waals surface area contributed by atoms with Crippen molar-refractivity contribution in [2.45, 2.75) is 31.2 Å². The van der Waals surface area contributed by atoms with E-state index in [0.29, 0.717) is 6.54 Å². The number of carbonyl (C=O) groups is 2. The van der Waals surface area contributed by atoms with E-state index < -0.39 is 6.03 Å². The molecule has 0 radical (unpaired) electrons. The number of amides is 2. The first-order chi connectivity index (χ1) is 10.6. The standard InChI is InChI=1S/C16H19BrN2O3/c17-11-4-1-3-10(7-11)13-8-14(13)15(20)22-9-12-5-2-6-19(12)16(18)21/h1,3-4,7,12-14H,2,5-6,8-9H2,(H2,18,21). The second-order valence-electron chi connectivity index (χ2n) is 5.96. The van der Waals surface area contributed by atoms with Crippen LogP contribution in [0.1, 0.15) is 30.7 Å². The van der Waals surface area contributed by atoms with Gasteiger partial charge in [0, 0.05) is 11.0 Å². The summed E-state index contributed by atoms with van der Waals surface area (Å²) >= 11 is 3.45. The summed E-state index contributed by atoms with van der Waals surface area (Å²) in [5.41, 5.74) is 6.48. The van der Waals surface area contributed by atoms with Crippen molar-refractivity contribution >= 4 is 27.9 Å². The molecule has 0 spiro atoms. The van der Waals surface area contributed by atoms with Gasteiger partial charge >= 0.3 is 12.0 Å². The lowest BCUT2D eigenvalue weighted by molar-refractivity contribution is -0.146. The van der Waals surface area contributed by atoms with Crippen molar-refractivity contribution in [2.75, 3.05) is 13.2 Å². The van der Waals surface area contributed by atoms with Crippen LogP contribution in [0.25, 0.3) is 0 Å². The molecular formula is C16H19BrN2O3. The van der Waals surface area contributed by atoms with Crippen LogP contribution >= 0.6 is 15.9 Å². The fourth-order valence-electron chi connectivity index (χ4n) is 3.15. The highest BCUT2D eigenvalue weighted by Crippen LogP contribution is 2.48. The Morgan fingerprint density at radius 2 is 2.23 bits per heavy atom. The molecule has 2 aliphatic rings. The minimum absolute atomic E-state index is 0.0577. The minimum atomic E-state index is -0.433. The molecule has 3 unspecified atom stereocenters. The number of nitrogens with zero attached hydrogens (tertiary/aromatic N) is 1. The van der Waals surface area contributed by atoms with Gasteiger partial charge in [-0.25, -0.2) is 4.79 Å². The van der Waals surface area contributed by atoms with E-state index in [1.165, 1.54) is 0 Å². The highest BCUT2D eigenvalue weighted by Gasteiger charge is 2.45. The van der Waals surface area contributed by atoms with Gasteiger partial charge in [0.15, 0.2) is 0 Å². The van der Waals surface area contributed by atoms with Crippen LogP contribution in [-0.4, -0.2) is 36.1 Å². The van der Waals surface area contributed by atoms with Crippen LogP contribution in [0.15, 0.2) is 28.7 Å². The van der Waals surface area contributed by atoms with E-state index in [2.05, 4.69) is 15.9 Å². The van der Waals surface area contributed by atoms with Crippen LogP contribution in [-0.2, 0) is 9.53 Å². The maximum absolute atomic E-state index is 12.1. The van der Waals surface area contributed by atoms with Crippen molar-refractivity contribution in [3.63, 3.8) is 0 Å². The van der Waals surface area contributed by atoms with Crippen molar-refractivity contribution in [2.24, 2.45) is 11.7 Å². The fourth-order valence-corrected chi connectivity index (χ4v) is 3.56. The number of nitrogens with two attached hydrogens (primary N) is 1. The highest BCUT2D eigenvalue weighted by atomic mass is 79.9. The predicted molar refractivity (Wildman–Crippen MR) is 85.3 cm³/mol. The monoisotopic (exact) mass is 366 g/mol. The van der Waals surface area contributed by atoms with Gasteiger partial charge in [-0.15, -0.1) is 0 Å². The molecule has 1 heterocycles. The number of urea groups is 1. The molecule has 5 nitrogen and oxygen atoms in total. The van der Waals surface area contributed by atoms with Gasteiger partial charge in [-0.3, -0.25) is 4.79 Å². The number of rotatable bonds is 4. The summed E-state index contributed by atoms with van der Waals surface area (Å²) in [5, 5.41) is 0. The van der Waals surface area contributed by atoms with Crippen LogP contribution < -0.4 is 5.73 Å². The molecule has 2 N–H and O–H groups in total. The number of benzene rings is 1. The van der Waals surface area contributed by atoms with E-state index in [4.69, 9.17) is 10.5 Å². The Bertz CT molecular complexity index is 593. The first-order valence-corrected chi connectivity index (χ1v) is 8.33. The van der Waals surface area contributed by atoms with Gasteiger partial charge in [0.25, 0.3) is 0 Å². The molecule has 1 saturated heterocycles. The van der Waals surface area contributed by atoms with Crippen LogP contribution in [0, 0.1) is 5.92 Å². The van der Waals surface area contributed by atoms with E-state index in [9.17, 15) is 9.59 Å². The third kappa shape index (κ3) is 3.27. The van der Waals surface area contributed by atoms with E-state index in [-0.39, 0.29) is 30.5 Å². The Labute approximate surface area is 137 Å². The normalized spacial score (nSPS) is 26.8. The lowest BCUT2D eigenvalue weighted by Crippen LogP contribution is -2.42. The fraction of sp³-hybridized carbons (Fsp3) is 0.500. The molecule has 1 aromatic carbocycles. The van der Waals surface area contributed by atoms with Gasteiger partial charge in [0.05, 0.1) is 12.0 Å². The summed E-state index contributed by atoms with van der Waals surface area (Å²) in [6, 6.07) is 7.53. The van der Waals surface area contributed by atoms with Crippen LogP contribution in [0.2, 0.25) is 0 Å². The molecule has 2 amide bonds. The summed E-state index contributed by atoms with van der Waals surface area (Å²) in [6.45, 7) is 0.908. The van der Waals surface area contributed by atoms with E-state index in [0.717, 1.165) is 29.3 Å². The lowest BCUT2D eigenvalue weighted by atomic mass is 10.1. The van der Waals surface area contributed by atoms with Crippen molar-refractivity contribution < 1.29 is 14.3 Å². The zero-order valence-corrected chi connectivity index (χ0v) is 13.8. The topological polar surface area (TPSA) is 72.6 Å². The number of primary amides is 1. The summed E-state index contributed by atoms with van der Waals surface area (Å²) in [5.74, 6) is 0.0276. The molecule has 6 heteroatoms. The molecule has 0 bridgehead atoms. The van der Waals surface area contributed by atoms with Gasteiger partial charge in [-0.05, 0) is 42.9 Å².